The zero-order valence-corrected chi connectivity index (χ0v) is 12.5. The third-order valence-corrected chi connectivity index (χ3v) is 3.69. The zero-order valence-electron chi connectivity index (χ0n) is 10.1. The molecule has 1 atom stereocenters. The van der Waals surface area contributed by atoms with Crippen LogP contribution in [0.4, 0.5) is 0 Å². The molecule has 0 spiro atoms. The second-order valence-electron chi connectivity index (χ2n) is 4.51. The quantitative estimate of drug-likeness (QED) is 0.844. The van der Waals surface area contributed by atoms with Crippen LogP contribution in [0, 0.1) is 5.92 Å². The number of halogens is 2. The smallest absolute Gasteiger partial charge is 0.133 e. The zero-order chi connectivity index (χ0) is 11.4. The molecule has 0 amide bonds. The van der Waals surface area contributed by atoms with Crippen molar-refractivity contribution in [3.63, 3.8) is 0 Å². The van der Waals surface area contributed by atoms with Gasteiger partial charge in [0.1, 0.15) is 5.75 Å². The van der Waals surface area contributed by atoms with Gasteiger partial charge >= 0.3 is 0 Å². The summed E-state index contributed by atoms with van der Waals surface area (Å²) in [4.78, 5) is 2.39. The lowest BCUT2D eigenvalue weighted by Crippen LogP contribution is -2.34. The van der Waals surface area contributed by atoms with Gasteiger partial charge in [-0.1, -0.05) is 12.1 Å². The number of para-hydroxylation sites is 1. The van der Waals surface area contributed by atoms with Gasteiger partial charge in [-0.3, -0.25) is 0 Å². The van der Waals surface area contributed by atoms with Crippen molar-refractivity contribution in [1.29, 1.82) is 0 Å². The molecule has 2 rings (SSSR count). The Bertz CT molecular complexity index is 348. The van der Waals surface area contributed by atoms with Gasteiger partial charge < -0.3 is 9.64 Å². The van der Waals surface area contributed by atoms with Gasteiger partial charge in [0.15, 0.2) is 0 Å². The molecule has 1 aliphatic heterocycles. The van der Waals surface area contributed by atoms with Gasteiger partial charge in [0.2, 0.25) is 0 Å². The fraction of sp³-hybridized carbons (Fsp3) is 0.538. The first-order valence-electron chi connectivity index (χ1n) is 5.81. The van der Waals surface area contributed by atoms with E-state index in [0.717, 1.165) is 23.4 Å². The number of hydrogen-bond donors (Lipinski definition) is 0. The molecule has 0 aromatic heterocycles. The second-order valence-corrected chi connectivity index (χ2v) is 5.37. The minimum absolute atomic E-state index is 0. The lowest BCUT2D eigenvalue weighted by Gasteiger charge is -2.29. The van der Waals surface area contributed by atoms with Gasteiger partial charge in [-0.25, -0.2) is 0 Å². The van der Waals surface area contributed by atoms with Crippen molar-refractivity contribution in [2.45, 2.75) is 12.8 Å². The van der Waals surface area contributed by atoms with Crippen LogP contribution < -0.4 is 4.74 Å². The molecule has 1 aliphatic rings. The summed E-state index contributed by atoms with van der Waals surface area (Å²) in [5, 5.41) is 0. The van der Waals surface area contributed by atoms with Gasteiger partial charge in [0.05, 0.1) is 11.1 Å². The van der Waals surface area contributed by atoms with Crippen molar-refractivity contribution in [1.82, 2.24) is 4.90 Å². The molecule has 17 heavy (non-hydrogen) atoms. The minimum atomic E-state index is 0. The van der Waals surface area contributed by atoms with E-state index in [0.29, 0.717) is 5.92 Å². The third-order valence-electron chi connectivity index (χ3n) is 3.03. The second kappa shape index (κ2) is 7.24. The molecule has 2 nitrogen and oxygen atoms in total. The van der Waals surface area contributed by atoms with Gasteiger partial charge in [0, 0.05) is 12.5 Å². The first kappa shape index (κ1) is 14.8. The predicted molar refractivity (Wildman–Crippen MR) is 77.1 cm³/mol. The van der Waals surface area contributed by atoms with E-state index >= 15 is 0 Å². The molecule has 1 heterocycles. The molecular weight excluding hydrogens is 302 g/mol. The molecule has 4 heteroatoms. The summed E-state index contributed by atoms with van der Waals surface area (Å²) >= 11 is 3.50. The Hall–Kier alpha value is -0.250. The Balaban J connectivity index is 0.00000144. The fourth-order valence-corrected chi connectivity index (χ4v) is 2.58. The van der Waals surface area contributed by atoms with Crippen LogP contribution in [0.3, 0.4) is 0 Å². The summed E-state index contributed by atoms with van der Waals surface area (Å²) in [6, 6.07) is 8.04. The highest BCUT2D eigenvalue weighted by Gasteiger charge is 2.17. The molecule has 96 valence electrons. The van der Waals surface area contributed by atoms with Crippen LogP contribution in [-0.2, 0) is 0 Å². The number of benzene rings is 1. The number of likely N-dealkylation sites (tertiary alicyclic amines) is 1. The summed E-state index contributed by atoms with van der Waals surface area (Å²) in [5.74, 6) is 1.63. The molecule has 1 fully saturated rings. The number of nitrogens with zero attached hydrogens (tertiary/aromatic N) is 1. The van der Waals surface area contributed by atoms with Crippen LogP contribution >= 0.6 is 28.3 Å². The van der Waals surface area contributed by atoms with Crippen molar-refractivity contribution in [3.05, 3.63) is 28.7 Å². The van der Waals surface area contributed by atoms with Crippen molar-refractivity contribution >= 4 is 28.3 Å². The summed E-state index contributed by atoms with van der Waals surface area (Å²) < 4.78 is 6.89. The molecule has 0 bridgehead atoms. The molecule has 1 saturated heterocycles. The van der Waals surface area contributed by atoms with E-state index in [1.54, 1.807) is 0 Å². The lowest BCUT2D eigenvalue weighted by atomic mass is 10.00. The van der Waals surface area contributed by atoms with Gasteiger partial charge in [-0.15, -0.1) is 12.4 Å². The number of ether oxygens (including phenoxy) is 1. The highest BCUT2D eigenvalue weighted by atomic mass is 79.9. The van der Waals surface area contributed by atoms with E-state index in [4.69, 9.17) is 4.74 Å². The molecular formula is C13H19BrClNO. The third kappa shape index (κ3) is 4.49. The summed E-state index contributed by atoms with van der Waals surface area (Å²) in [7, 11) is 2.19. The van der Waals surface area contributed by atoms with Crippen LogP contribution in [0.2, 0.25) is 0 Å². The minimum Gasteiger partial charge on any atom is -0.492 e. The largest absolute Gasteiger partial charge is 0.492 e. The first-order valence-corrected chi connectivity index (χ1v) is 6.61. The SMILES string of the molecule is CN1CCC[C@@H](COc2ccccc2Br)C1.Cl. The summed E-state index contributed by atoms with van der Waals surface area (Å²) in [6.07, 6.45) is 2.58. The van der Waals surface area contributed by atoms with E-state index in [1.165, 1.54) is 19.4 Å². The molecule has 1 aromatic carbocycles. The van der Waals surface area contributed by atoms with Crippen LogP contribution in [0.25, 0.3) is 0 Å². The predicted octanol–water partition coefficient (Wildman–Crippen LogP) is 3.59. The maximum absolute atomic E-state index is 5.85. The Morgan fingerprint density at radius 2 is 2.18 bits per heavy atom. The van der Waals surface area contributed by atoms with Gasteiger partial charge in [-0.05, 0) is 54.5 Å². The van der Waals surface area contributed by atoms with E-state index < -0.39 is 0 Å². The number of rotatable bonds is 3. The first-order chi connectivity index (χ1) is 7.75. The normalized spacial score (nSPS) is 20.7. The number of piperidine rings is 1. The Morgan fingerprint density at radius 1 is 1.41 bits per heavy atom. The monoisotopic (exact) mass is 319 g/mol. The average molecular weight is 321 g/mol. The van der Waals surface area contributed by atoms with E-state index in [2.05, 4.69) is 27.9 Å². The van der Waals surface area contributed by atoms with E-state index in [9.17, 15) is 0 Å². The maximum Gasteiger partial charge on any atom is 0.133 e. The molecule has 0 aliphatic carbocycles. The molecule has 1 aromatic rings. The van der Waals surface area contributed by atoms with Crippen LogP contribution in [-0.4, -0.2) is 31.6 Å². The Labute approximate surface area is 118 Å². The summed E-state index contributed by atoms with van der Waals surface area (Å²) in [5.41, 5.74) is 0. The van der Waals surface area contributed by atoms with Crippen LogP contribution in [0.1, 0.15) is 12.8 Å². The molecule has 0 radical (unpaired) electrons. The number of hydrogen-bond acceptors (Lipinski definition) is 2. The summed E-state index contributed by atoms with van der Waals surface area (Å²) in [6.45, 7) is 3.21. The molecule has 0 N–H and O–H groups in total. The Morgan fingerprint density at radius 3 is 2.88 bits per heavy atom. The van der Waals surface area contributed by atoms with Crippen LogP contribution in [0.15, 0.2) is 28.7 Å². The maximum atomic E-state index is 5.85. The van der Waals surface area contributed by atoms with Gasteiger partial charge in [0.25, 0.3) is 0 Å². The molecule has 0 unspecified atom stereocenters. The van der Waals surface area contributed by atoms with E-state index in [1.807, 2.05) is 24.3 Å². The van der Waals surface area contributed by atoms with E-state index in [-0.39, 0.29) is 12.4 Å². The molecule has 0 saturated carbocycles. The van der Waals surface area contributed by atoms with Crippen molar-refractivity contribution in [2.24, 2.45) is 5.92 Å². The highest BCUT2D eigenvalue weighted by Crippen LogP contribution is 2.25. The van der Waals surface area contributed by atoms with Crippen molar-refractivity contribution in [2.75, 3.05) is 26.7 Å². The topological polar surface area (TPSA) is 12.5 Å². The van der Waals surface area contributed by atoms with Gasteiger partial charge in [-0.2, -0.15) is 0 Å². The Kier molecular flexibility index (Phi) is 6.31. The lowest BCUT2D eigenvalue weighted by molar-refractivity contribution is 0.150. The van der Waals surface area contributed by atoms with Crippen LogP contribution in [0.5, 0.6) is 5.75 Å². The van der Waals surface area contributed by atoms with Crippen molar-refractivity contribution in [3.8, 4) is 5.75 Å². The fourth-order valence-electron chi connectivity index (χ4n) is 2.18. The highest BCUT2D eigenvalue weighted by molar-refractivity contribution is 9.10. The van der Waals surface area contributed by atoms with Crippen molar-refractivity contribution < 1.29 is 4.74 Å². The standard InChI is InChI=1S/C13H18BrNO.ClH/c1-15-8-4-5-11(9-15)10-16-13-7-3-2-6-12(13)14;/h2-3,6-7,11H,4-5,8-10H2,1H3;1H/t11-;/m1./s1. The average Bonchev–Trinajstić information content (AvgIpc) is 2.28.